The van der Waals surface area contributed by atoms with Gasteiger partial charge in [0.25, 0.3) is 0 Å². The van der Waals surface area contributed by atoms with Crippen LogP contribution in [0.25, 0.3) is 0 Å². The number of halogens is 1. The van der Waals surface area contributed by atoms with Crippen LogP contribution < -0.4 is 0 Å². The fourth-order valence-corrected chi connectivity index (χ4v) is 3.04. The summed E-state index contributed by atoms with van der Waals surface area (Å²) in [7, 11) is 1.95. The normalized spacial score (nSPS) is 16.8. The number of ether oxygens (including phenoxy) is 1. The molecule has 1 aromatic heterocycles. The van der Waals surface area contributed by atoms with Gasteiger partial charge >= 0.3 is 5.97 Å². The number of carbonyl (C=O) groups excluding carboxylic acids is 1. The molecular weight excluding hydrogens is 296 g/mol. The van der Waals surface area contributed by atoms with Gasteiger partial charge in [-0.15, -0.1) is 0 Å². The Morgan fingerprint density at radius 2 is 2.11 bits per heavy atom. The highest BCUT2D eigenvalue weighted by molar-refractivity contribution is 9.10. The second-order valence-electron chi connectivity index (χ2n) is 4.73. The van der Waals surface area contributed by atoms with Crippen molar-refractivity contribution in [2.75, 3.05) is 6.61 Å². The monoisotopic (exact) mass is 314 g/mol. The van der Waals surface area contributed by atoms with E-state index in [1.54, 1.807) is 0 Å². The second-order valence-corrected chi connectivity index (χ2v) is 5.44. The molecule has 0 aromatic carbocycles. The van der Waals surface area contributed by atoms with Crippen LogP contribution in [0.4, 0.5) is 0 Å². The van der Waals surface area contributed by atoms with Gasteiger partial charge in [0.2, 0.25) is 0 Å². The fourth-order valence-electron chi connectivity index (χ4n) is 2.68. The van der Waals surface area contributed by atoms with E-state index in [-0.39, 0.29) is 5.97 Å². The van der Waals surface area contributed by atoms with Crippen molar-refractivity contribution in [3.8, 4) is 0 Å². The van der Waals surface area contributed by atoms with E-state index in [1.807, 2.05) is 18.5 Å². The number of nitrogens with zero attached hydrogens (tertiary/aromatic N) is 2. The predicted molar refractivity (Wildman–Crippen MR) is 72.7 cm³/mol. The molecule has 4 nitrogen and oxygen atoms in total. The summed E-state index contributed by atoms with van der Waals surface area (Å²) in [6, 6.07) is 0. The minimum atomic E-state index is -0.306. The van der Waals surface area contributed by atoms with Crippen LogP contribution in [0.15, 0.2) is 4.73 Å². The molecule has 2 rings (SSSR count). The van der Waals surface area contributed by atoms with Crippen LogP contribution in [-0.4, -0.2) is 22.1 Å². The molecule has 0 aliphatic heterocycles. The summed E-state index contributed by atoms with van der Waals surface area (Å²) >= 11 is 3.40. The van der Waals surface area contributed by atoms with Crippen molar-refractivity contribution in [3.05, 3.63) is 16.1 Å². The van der Waals surface area contributed by atoms with Crippen molar-refractivity contribution in [2.45, 2.75) is 44.9 Å². The van der Waals surface area contributed by atoms with Crippen LogP contribution in [0.3, 0.4) is 0 Å². The number of imidazole rings is 1. The summed E-state index contributed by atoms with van der Waals surface area (Å²) in [4.78, 5) is 16.3. The molecule has 1 fully saturated rings. The van der Waals surface area contributed by atoms with Crippen LogP contribution in [-0.2, 0) is 11.8 Å². The van der Waals surface area contributed by atoms with Crippen molar-refractivity contribution in [1.82, 2.24) is 9.55 Å². The first-order valence-electron chi connectivity index (χ1n) is 6.54. The first-order chi connectivity index (χ1) is 8.65. The van der Waals surface area contributed by atoms with Crippen molar-refractivity contribution in [1.29, 1.82) is 0 Å². The van der Waals surface area contributed by atoms with Gasteiger partial charge in [-0.2, -0.15) is 0 Å². The Balaban J connectivity index is 2.34. The van der Waals surface area contributed by atoms with E-state index in [9.17, 15) is 4.79 Å². The van der Waals surface area contributed by atoms with E-state index >= 15 is 0 Å². The van der Waals surface area contributed by atoms with Crippen LogP contribution in [0.5, 0.6) is 0 Å². The lowest BCUT2D eigenvalue weighted by molar-refractivity contribution is 0.0517. The molecule has 0 unspecified atom stereocenters. The quantitative estimate of drug-likeness (QED) is 0.803. The van der Waals surface area contributed by atoms with Crippen molar-refractivity contribution in [2.24, 2.45) is 7.05 Å². The SMILES string of the molecule is CCOC(=O)c1nc(Br)n(C)c1C1CCCCC1. The zero-order valence-electron chi connectivity index (χ0n) is 10.9. The maximum atomic E-state index is 12.0. The number of aromatic nitrogens is 2. The Morgan fingerprint density at radius 3 is 2.72 bits per heavy atom. The number of hydrogen-bond donors (Lipinski definition) is 0. The van der Waals surface area contributed by atoms with Gasteiger partial charge in [-0.05, 0) is 35.7 Å². The highest BCUT2D eigenvalue weighted by Crippen LogP contribution is 2.35. The minimum absolute atomic E-state index is 0.306. The minimum Gasteiger partial charge on any atom is -0.461 e. The summed E-state index contributed by atoms with van der Waals surface area (Å²) in [5.41, 5.74) is 1.51. The van der Waals surface area contributed by atoms with E-state index in [0.29, 0.717) is 23.0 Å². The third kappa shape index (κ3) is 2.60. The summed E-state index contributed by atoms with van der Waals surface area (Å²) in [6.45, 7) is 2.20. The Hall–Kier alpha value is -0.840. The third-order valence-electron chi connectivity index (χ3n) is 3.55. The lowest BCUT2D eigenvalue weighted by Crippen LogP contribution is -2.15. The molecule has 0 spiro atoms. The highest BCUT2D eigenvalue weighted by atomic mass is 79.9. The zero-order valence-corrected chi connectivity index (χ0v) is 12.5. The molecular formula is C13H19BrN2O2. The van der Waals surface area contributed by atoms with Crippen LogP contribution >= 0.6 is 15.9 Å². The Bertz CT molecular complexity index is 436. The van der Waals surface area contributed by atoms with Gasteiger partial charge in [-0.3, -0.25) is 0 Å². The molecule has 100 valence electrons. The first kappa shape index (κ1) is 13.6. The molecule has 1 aliphatic rings. The molecule has 0 bridgehead atoms. The lowest BCUT2D eigenvalue weighted by atomic mass is 9.86. The van der Waals surface area contributed by atoms with Gasteiger partial charge in [-0.25, -0.2) is 9.78 Å². The Kier molecular flexibility index (Phi) is 4.43. The standard InChI is InChI=1S/C13H19BrN2O2/c1-3-18-12(17)10-11(16(2)13(14)15-10)9-7-5-4-6-8-9/h9H,3-8H2,1-2H3. The molecule has 0 radical (unpaired) electrons. The smallest absolute Gasteiger partial charge is 0.358 e. The van der Waals surface area contributed by atoms with E-state index in [0.717, 1.165) is 18.5 Å². The molecule has 0 atom stereocenters. The Morgan fingerprint density at radius 1 is 1.44 bits per heavy atom. The predicted octanol–water partition coefficient (Wildman–Crippen LogP) is 3.41. The van der Waals surface area contributed by atoms with E-state index in [4.69, 9.17) is 4.74 Å². The first-order valence-corrected chi connectivity index (χ1v) is 7.33. The molecule has 1 heterocycles. The van der Waals surface area contributed by atoms with Crippen LogP contribution in [0.2, 0.25) is 0 Å². The molecule has 0 saturated heterocycles. The van der Waals surface area contributed by atoms with E-state index < -0.39 is 0 Å². The third-order valence-corrected chi connectivity index (χ3v) is 4.25. The van der Waals surface area contributed by atoms with Crippen LogP contribution in [0.1, 0.15) is 61.1 Å². The summed E-state index contributed by atoms with van der Waals surface area (Å²) in [6.07, 6.45) is 6.03. The zero-order chi connectivity index (χ0) is 13.1. The highest BCUT2D eigenvalue weighted by Gasteiger charge is 2.28. The Labute approximate surface area is 116 Å². The topological polar surface area (TPSA) is 44.1 Å². The largest absolute Gasteiger partial charge is 0.461 e. The molecule has 0 N–H and O–H groups in total. The average molecular weight is 315 g/mol. The maximum absolute atomic E-state index is 12.0. The number of rotatable bonds is 3. The number of esters is 1. The molecule has 5 heteroatoms. The van der Waals surface area contributed by atoms with Gasteiger partial charge < -0.3 is 9.30 Å². The summed E-state index contributed by atoms with van der Waals surface area (Å²) in [5, 5.41) is 0. The summed E-state index contributed by atoms with van der Waals surface area (Å²) < 4.78 is 7.77. The van der Waals surface area contributed by atoms with E-state index in [2.05, 4.69) is 20.9 Å². The van der Waals surface area contributed by atoms with Gasteiger partial charge in [-0.1, -0.05) is 19.3 Å². The van der Waals surface area contributed by atoms with Gasteiger partial charge in [0, 0.05) is 13.0 Å². The van der Waals surface area contributed by atoms with Crippen molar-refractivity contribution in [3.63, 3.8) is 0 Å². The molecule has 18 heavy (non-hydrogen) atoms. The molecule has 1 saturated carbocycles. The maximum Gasteiger partial charge on any atom is 0.358 e. The number of carbonyl (C=O) groups is 1. The van der Waals surface area contributed by atoms with Gasteiger partial charge in [0.15, 0.2) is 10.4 Å². The fraction of sp³-hybridized carbons (Fsp3) is 0.692. The molecule has 1 aromatic rings. The van der Waals surface area contributed by atoms with Gasteiger partial charge in [0.1, 0.15) is 0 Å². The number of hydrogen-bond acceptors (Lipinski definition) is 3. The van der Waals surface area contributed by atoms with Crippen molar-refractivity contribution >= 4 is 21.9 Å². The average Bonchev–Trinajstić information content (AvgIpc) is 2.67. The second kappa shape index (κ2) is 5.87. The summed E-state index contributed by atoms with van der Waals surface area (Å²) in [5.74, 6) is 0.126. The van der Waals surface area contributed by atoms with Crippen molar-refractivity contribution < 1.29 is 9.53 Å². The molecule has 0 amide bonds. The molecule has 1 aliphatic carbocycles. The lowest BCUT2D eigenvalue weighted by Gasteiger charge is -2.22. The van der Waals surface area contributed by atoms with E-state index in [1.165, 1.54) is 19.3 Å². The van der Waals surface area contributed by atoms with Crippen LogP contribution in [0, 0.1) is 0 Å². The van der Waals surface area contributed by atoms with Gasteiger partial charge in [0.05, 0.1) is 12.3 Å².